The molecule has 190 valence electrons. The second-order valence-corrected chi connectivity index (χ2v) is 9.96. The lowest BCUT2D eigenvalue weighted by Gasteiger charge is -2.33. The molecule has 7 heteroatoms. The van der Waals surface area contributed by atoms with E-state index in [2.05, 4.69) is 10.6 Å². The molecule has 2 rings (SSSR count). The summed E-state index contributed by atoms with van der Waals surface area (Å²) in [4.78, 5) is 40.9. The van der Waals surface area contributed by atoms with Gasteiger partial charge in [-0.2, -0.15) is 0 Å². The van der Waals surface area contributed by atoms with Crippen LogP contribution in [-0.4, -0.2) is 41.5 Å². The normalized spacial score (nSPS) is 12.0. The molecule has 1 atom stereocenters. The van der Waals surface area contributed by atoms with Crippen LogP contribution >= 0.6 is 0 Å². The van der Waals surface area contributed by atoms with Crippen LogP contribution in [-0.2, 0) is 14.3 Å². The number of anilines is 1. The second-order valence-electron chi connectivity index (χ2n) is 9.96. The van der Waals surface area contributed by atoms with Crippen LogP contribution in [0.25, 0.3) is 0 Å². The first-order chi connectivity index (χ1) is 16.3. The highest BCUT2D eigenvalue weighted by molar-refractivity contribution is 5.99. The molecule has 0 bridgehead atoms. The van der Waals surface area contributed by atoms with Crippen molar-refractivity contribution < 1.29 is 19.1 Å². The maximum atomic E-state index is 13.8. The monoisotopic (exact) mass is 481 g/mol. The second kappa shape index (κ2) is 11.9. The highest BCUT2D eigenvalue weighted by Crippen LogP contribution is 2.29. The summed E-state index contributed by atoms with van der Waals surface area (Å²) in [5.41, 5.74) is 4.60. The van der Waals surface area contributed by atoms with Crippen LogP contribution in [0.5, 0.6) is 0 Å². The Labute approximate surface area is 209 Å². The van der Waals surface area contributed by atoms with Crippen LogP contribution in [0, 0.1) is 27.7 Å². The summed E-state index contributed by atoms with van der Waals surface area (Å²) >= 11 is 0. The Morgan fingerprint density at radius 3 is 2.17 bits per heavy atom. The Kier molecular flexibility index (Phi) is 9.46. The van der Waals surface area contributed by atoms with Gasteiger partial charge in [0.15, 0.2) is 0 Å². The SMILES string of the molecule is CCCN(C(=O)CNC(=O)OC(C)(C)C)C(C(=O)Nc1c(C)cccc1C)c1cc(C)ccc1C. The molecule has 0 aliphatic carbocycles. The third-order valence-corrected chi connectivity index (χ3v) is 5.59. The molecule has 7 nitrogen and oxygen atoms in total. The number of hydrogen-bond donors (Lipinski definition) is 2. The van der Waals surface area contributed by atoms with Gasteiger partial charge in [-0.05, 0) is 77.1 Å². The van der Waals surface area contributed by atoms with Gasteiger partial charge in [-0.25, -0.2) is 4.79 Å². The molecule has 0 spiro atoms. The number of para-hydroxylation sites is 1. The summed E-state index contributed by atoms with van der Waals surface area (Å²) in [5.74, 6) is -0.657. The van der Waals surface area contributed by atoms with E-state index in [0.29, 0.717) is 13.0 Å². The van der Waals surface area contributed by atoms with E-state index in [9.17, 15) is 14.4 Å². The maximum absolute atomic E-state index is 13.8. The molecule has 2 N–H and O–H groups in total. The Balaban J connectivity index is 2.43. The minimum atomic E-state index is -0.859. The predicted octanol–water partition coefficient (Wildman–Crippen LogP) is 5.36. The number of benzene rings is 2. The zero-order valence-electron chi connectivity index (χ0n) is 22.2. The highest BCUT2D eigenvalue weighted by Gasteiger charge is 2.33. The molecule has 0 aliphatic rings. The van der Waals surface area contributed by atoms with Crippen molar-refractivity contribution in [3.8, 4) is 0 Å². The first kappa shape index (κ1) is 27.9. The average molecular weight is 482 g/mol. The number of carbonyl (C=O) groups excluding carboxylic acids is 3. The van der Waals surface area contributed by atoms with Crippen molar-refractivity contribution in [2.24, 2.45) is 0 Å². The average Bonchev–Trinajstić information content (AvgIpc) is 2.75. The molecule has 35 heavy (non-hydrogen) atoms. The van der Waals surface area contributed by atoms with Crippen LogP contribution in [0.2, 0.25) is 0 Å². The number of carbonyl (C=O) groups is 3. The van der Waals surface area contributed by atoms with Crippen LogP contribution in [0.3, 0.4) is 0 Å². The smallest absolute Gasteiger partial charge is 0.408 e. The lowest BCUT2D eigenvalue weighted by atomic mass is 9.96. The van der Waals surface area contributed by atoms with Crippen molar-refractivity contribution in [2.75, 3.05) is 18.4 Å². The third-order valence-electron chi connectivity index (χ3n) is 5.59. The zero-order valence-corrected chi connectivity index (χ0v) is 22.2. The van der Waals surface area contributed by atoms with E-state index in [0.717, 1.165) is 33.5 Å². The van der Waals surface area contributed by atoms with Crippen molar-refractivity contribution in [1.82, 2.24) is 10.2 Å². The van der Waals surface area contributed by atoms with Crippen molar-refractivity contribution in [3.63, 3.8) is 0 Å². The summed E-state index contributed by atoms with van der Waals surface area (Å²) in [5, 5.41) is 5.60. The molecule has 0 saturated carbocycles. The Hall–Kier alpha value is -3.35. The van der Waals surface area contributed by atoms with Crippen LogP contribution in [0.4, 0.5) is 10.5 Å². The Morgan fingerprint density at radius 2 is 1.60 bits per heavy atom. The van der Waals surface area contributed by atoms with E-state index in [4.69, 9.17) is 4.74 Å². The summed E-state index contributed by atoms with van der Waals surface area (Å²) in [6.07, 6.45) is -0.0264. The number of rotatable bonds is 8. The summed E-state index contributed by atoms with van der Waals surface area (Å²) in [6, 6.07) is 10.8. The van der Waals surface area contributed by atoms with Gasteiger partial charge >= 0.3 is 6.09 Å². The summed E-state index contributed by atoms with van der Waals surface area (Å²) in [6.45, 7) is 15.1. The summed E-state index contributed by atoms with van der Waals surface area (Å²) < 4.78 is 5.26. The number of alkyl carbamates (subject to hydrolysis) is 1. The van der Waals surface area contributed by atoms with Gasteiger partial charge in [-0.15, -0.1) is 0 Å². The van der Waals surface area contributed by atoms with Crippen molar-refractivity contribution in [2.45, 2.75) is 73.5 Å². The number of hydrogen-bond acceptors (Lipinski definition) is 4. The lowest BCUT2D eigenvalue weighted by Crippen LogP contribution is -2.47. The Bertz CT molecular complexity index is 1050. The van der Waals surface area contributed by atoms with E-state index in [-0.39, 0.29) is 18.4 Å². The molecule has 0 radical (unpaired) electrons. The van der Waals surface area contributed by atoms with E-state index >= 15 is 0 Å². The van der Waals surface area contributed by atoms with Crippen molar-refractivity contribution >= 4 is 23.6 Å². The van der Waals surface area contributed by atoms with Gasteiger partial charge in [0, 0.05) is 12.2 Å². The number of nitrogens with one attached hydrogen (secondary N) is 2. The van der Waals surface area contributed by atoms with Gasteiger partial charge in [0.1, 0.15) is 18.2 Å². The lowest BCUT2D eigenvalue weighted by molar-refractivity contribution is -0.138. The predicted molar refractivity (Wildman–Crippen MR) is 139 cm³/mol. The molecule has 2 aromatic rings. The molecule has 1 unspecified atom stereocenters. The topological polar surface area (TPSA) is 87.7 Å². The quantitative estimate of drug-likeness (QED) is 0.531. The molecule has 2 aromatic carbocycles. The van der Waals surface area contributed by atoms with Gasteiger partial charge in [0.25, 0.3) is 5.91 Å². The number of amides is 3. The van der Waals surface area contributed by atoms with Gasteiger partial charge in [0.2, 0.25) is 5.91 Å². The number of aryl methyl sites for hydroxylation is 4. The fourth-order valence-corrected chi connectivity index (χ4v) is 3.91. The molecular weight excluding hydrogens is 442 g/mol. The van der Waals surface area contributed by atoms with Crippen LogP contribution < -0.4 is 10.6 Å². The number of nitrogens with zero attached hydrogens (tertiary/aromatic N) is 1. The minimum absolute atomic E-state index is 0.271. The molecule has 0 fully saturated rings. The van der Waals surface area contributed by atoms with Gasteiger partial charge in [-0.1, -0.05) is 48.9 Å². The van der Waals surface area contributed by atoms with E-state index in [1.807, 2.05) is 71.0 Å². The standard InChI is InChI=1S/C28H39N3O4/c1-9-15-31(23(32)17-29-27(34)35-28(6,7)8)25(22-16-18(2)13-14-19(22)3)26(33)30-24-20(4)11-10-12-21(24)5/h10-14,16,25H,9,15,17H2,1-8H3,(H,29,34)(H,30,33). The van der Waals surface area contributed by atoms with E-state index < -0.39 is 17.7 Å². The zero-order chi connectivity index (χ0) is 26.3. The largest absolute Gasteiger partial charge is 0.444 e. The van der Waals surface area contributed by atoms with Crippen molar-refractivity contribution in [3.05, 3.63) is 64.2 Å². The Morgan fingerprint density at radius 1 is 0.971 bits per heavy atom. The fourth-order valence-electron chi connectivity index (χ4n) is 3.91. The molecule has 0 saturated heterocycles. The summed E-state index contributed by atoms with van der Waals surface area (Å²) in [7, 11) is 0. The molecule has 3 amide bonds. The van der Waals surface area contributed by atoms with Crippen LogP contribution in [0.15, 0.2) is 36.4 Å². The number of ether oxygens (including phenoxy) is 1. The third kappa shape index (κ3) is 7.84. The first-order valence-corrected chi connectivity index (χ1v) is 12.0. The first-order valence-electron chi connectivity index (χ1n) is 12.0. The van der Waals surface area contributed by atoms with Gasteiger partial charge in [-0.3, -0.25) is 9.59 Å². The van der Waals surface area contributed by atoms with Crippen molar-refractivity contribution in [1.29, 1.82) is 0 Å². The molecule has 0 heterocycles. The highest BCUT2D eigenvalue weighted by atomic mass is 16.6. The van der Waals surface area contributed by atoms with Gasteiger partial charge in [0.05, 0.1) is 0 Å². The van der Waals surface area contributed by atoms with E-state index in [1.165, 1.54) is 0 Å². The fraction of sp³-hybridized carbons (Fsp3) is 0.464. The minimum Gasteiger partial charge on any atom is -0.444 e. The maximum Gasteiger partial charge on any atom is 0.408 e. The van der Waals surface area contributed by atoms with E-state index in [1.54, 1.807) is 25.7 Å². The molecule has 0 aromatic heterocycles. The van der Waals surface area contributed by atoms with Gasteiger partial charge < -0.3 is 20.3 Å². The molecular formula is C28H39N3O4. The molecule has 0 aliphatic heterocycles. The van der Waals surface area contributed by atoms with Crippen LogP contribution in [0.1, 0.15) is 68.0 Å².